The van der Waals surface area contributed by atoms with Gasteiger partial charge in [0.25, 0.3) is 5.91 Å². The van der Waals surface area contributed by atoms with Gasteiger partial charge < -0.3 is 15.0 Å². The number of rotatable bonds is 6. The van der Waals surface area contributed by atoms with Crippen LogP contribution in [-0.2, 0) is 11.2 Å². The summed E-state index contributed by atoms with van der Waals surface area (Å²) in [4.78, 5) is 15.5. The Kier molecular flexibility index (Phi) is 5.00. The normalized spacial score (nSPS) is 11.5. The van der Waals surface area contributed by atoms with Gasteiger partial charge in [0.15, 0.2) is 6.61 Å². The van der Waals surface area contributed by atoms with E-state index in [0.717, 1.165) is 11.9 Å². The van der Waals surface area contributed by atoms with Gasteiger partial charge in [-0.3, -0.25) is 4.79 Å². The number of para-hydroxylation sites is 1. The molecule has 130 valence electrons. The molecule has 0 bridgehead atoms. The summed E-state index contributed by atoms with van der Waals surface area (Å²) in [5, 5.41) is 4.86. The third kappa shape index (κ3) is 4.54. The molecule has 0 unspecified atom stereocenters. The number of carbonyl (C=O) groups excluding carboxylic acids is 1. The molecule has 1 heterocycles. The molecule has 0 aliphatic heterocycles. The Bertz CT molecular complexity index is 869. The lowest BCUT2D eigenvalue weighted by Crippen LogP contribution is -2.47. The van der Waals surface area contributed by atoms with E-state index in [1.165, 1.54) is 10.9 Å². The standard InChI is InChI=1S/C20H21ClN2O2/c1-20(2,11-14-12-22-18-6-4-3-5-17(14)18)23-19(24)13-25-16-9-7-15(21)8-10-16/h3-10,12,22H,11,13H2,1-2H3,(H,23,24). The molecular weight excluding hydrogens is 336 g/mol. The summed E-state index contributed by atoms with van der Waals surface area (Å²) in [7, 11) is 0. The van der Waals surface area contributed by atoms with Crippen LogP contribution in [0.1, 0.15) is 19.4 Å². The lowest BCUT2D eigenvalue weighted by atomic mass is 9.94. The van der Waals surface area contributed by atoms with E-state index in [9.17, 15) is 4.79 Å². The molecule has 5 heteroatoms. The number of fused-ring (bicyclic) bond motifs is 1. The zero-order valence-corrected chi connectivity index (χ0v) is 15.1. The Morgan fingerprint density at radius 1 is 1.16 bits per heavy atom. The van der Waals surface area contributed by atoms with Crippen LogP contribution in [0.25, 0.3) is 10.9 Å². The summed E-state index contributed by atoms with van der Waals surface area (Å²) in [6.07, 6.45) is 2.73. The van der Waals surface area contributed by atoms with Crippen LogP contribution in [0.5, 0.6) is 5.75 Å². The summed E-state index contributed by atoms with van der Waals surface area (Å²) in [5.41, 5.74) is 1.90. The fourth-order valence-electron chi connectivity index (χ4n) is 2.89. The Morgan fingerprint density at radius 2 is 1.88 bits per heavy atom. The molecule has 1 amide bonds. The molecule has 25 heavy (non-hydrogen) atoms. The number of hydrogen-bond donors (Lipinski definition) is 2. The molecule has 0 spiro atoms. The summed E-state index contributed by atoms with van der Waals surface area (Å²) >= 11 is 5.83. The summed E-state index contributed by atoms with van der Waals surface area (Å²) in [6, 6.07) is 15.1. The van der Waals surface area contributed by atoms with Crippen LogP contribution in [0.4, 0.5) is 0 Å². The Labute approximate surface area is 152 Å². The third-order valence-corrected chi connectivity index (χ3v) is 4.22. The number of aromatic amines is 1. The molecule has 0 aliphatic rings. The zero-order chi connectivity index (χ0) is 17.9. The quantitative estimate of drug-likeness (QED) is 0.690. The lowest BCUT2D eigenvalue weighted by molar-refractivity contribution is -0.124. The van der Waals surface area contributed by atoms with Gasteiger partial charge in [-0.15, -0.1) is 0 Å². The molecule has 0 aliphatic carbocycles. The number of H-pyrrole nitrogens is 1. The van der Waals surface area contributed by atoms with Gasteiger partial charge in [-0.25, -0.2) is 0 Å². The van der Waals surface area contributed by atoms with Gasteiger partial charge in [0.2, 0.25) is 0 Å². The minimum atomic E-state index is -0.384. The van der Waals surface area contributed by atoms with E-state index in [0.29, 0.717) is 10.8 Å². The van der Waals surface area contributed by atoms with Gasteiger partial charge >= 0.3 is 0 Å². The van der Waals surface area contributed by atoms with Gasteiger partial charge in [-0.05, 0) is 56.2 Å². The number of hydrogen-bond acceptors (Lipinski definition) is 2. The van der Waals surface area contributed by atoms with Crippen molar-refractivity contribution in [2.24, 2.45) is 0 Å². The first-order chi connectivity index (χ1) is 11.9. The second-order valence-corrected chi connectivity index (χ2v) is 7.15. The van der Waals surface area contributed by atoms with Crippen molar-refractivity contribution < 1.29 is 9.53 Å². The number of benzene rings is 2. The highest BCUT2D eigenvalue weighted by Crippen LogP contribution is 2.22. The largest absolute Gasteiger partial charge is 0.484 e. The van der Waals surface area contributed by atoms with E-state index in [1.54, 1.807) is 24.3 Å². The van der Waals surface area contributed by atoms with Crippen LogP contribution >= 0.6 is 11.6 Å². The third-order valence-electron chi connectivity index (χ3n) is 3.97. The molecule has 3 aromatic rings. The smallest absolute Gasteiger partial charge is 0.258 e. The molecular formula is C20H21ClN2O2. The minimum Gasteiger partial charge on any atom is -0.484 e. The molecule has 1 aromatic heterocycles. The maximum Gasteiger partial charge on any atom is 0.258 e. The van der Waals surface area contributed by atoms with Crippen molar-refractivity contribution in [3.63, 3.8) is 0 Å². The predicted molar refractivity (Wildman–Crippen MR) is 101 cm³/mol. The highest BCUT2D eigenvalue weighted by molar-refractivity contribution is 6.30. The van der Waals surface area contributed by atoms with Crippen molar-refractivity contribution in [3.8, 4) is 5.75 Å². The zero-order valence-electron chi connectivity index (χ0n) is 14.3. The van der Waals surface area contributed by atoms with Crippen LogP contribution in [0.2, 0.25) is 5.02 Å². The molecule has 0 radical (unpaired) electrons. The number of nitrogens with one attached hydrogen (secondary N) is 2. The molecule has 0 saturated carbocycles. The second kappa shape index (κ2) is 7.19. The first-order valence-electron chi connectivity index (χ1n) is 8.17. The molecule has 2 N–H and O–H groups in total. The van der Waals surface area contributed by atoms with E-state index in [2.05, 4.69) is 16.4 Å². The van der Waals surface area contributed by atoms with Crippen LogP contribution in [0.15, 0.2) is 54.7 Å². The monoisotopic (exact) mass is 356 g/mol. The molecule has 0 atom stereocenters. The first-order valence-corrected chi connectivity index (χ1v) is 8.55. The van der Waals surface area contributed by atoms with Gasteiger partial charge in [-0.1, -0.05) is 29.8 Å². The van der Waals surface area contributed by atoms with Crippen molar-refractivity contribution in [3.05, 3.63) is 65.3 Å². The fourth-order valence-corrected chi connectivity index (χ4v) is 3.02. The molecule has 0 saturated heterocycles. The highest BCUT2D eigenvalue weighted by Gasteiger charge is 2.22. The van der Waals surface area contributed by atoms with Crippen LogP contribution in [0.3, 0.4) is 0 Å². The number of aromatic nitrogens is 1. The van der Waals surface area contributed by atoms with Crippen molar-refractivity contribution >= 4 is 28.4 Å². The first kappa shape index (κ1) is 17.4. The van der Waals surface area contributed by atoms with Crippen molar-refractivity contribution in [1.29, 1.82) is 0 Å². The Balaban J connectivity index is 1.58. The van der Waals surface area contributed by atoms with E-state index in [-0.39, 0.29) is 18.1 Å². The predicted octanol–water partition coefficient (Wildman–Crippen LogP) is 4.34. The van der Waals surface area contributed by atoms with E-state index in [1.807, 2.05) is 38.2 Å². The van der Waals surface area contributed by atoms with Crippen molar-refractivity contribution in [2.75, 3.05) is 6.61 Å². The average Bonchev–Trinajstić information content (AvgIpc) is 2.96. The van der Waals surface area contributed by atoms with E-state index < -0.39 is 0 Å². The number of halogens is 1. The van der Waals surface area contributed by atoms with Crippen LogP contribution in [-0.4, -0.2) is 23.0 Å². The average molecular weight is 357 g/mol. The van der Waals surface area contributed by atoms with Crippen LogP contribution in [0, 0.1) is 0 Å². The molecule has 4 nitrogen and oxygen atoms in total. The second-order valence-electron chi connectivity index (χ2n) is 6.71. The fraction of sp³-hybridized carbons (Fsp3) is 0.250. The summed E-state index contributed by atoms with van der Waals surface area (Å²) in [6.45, 7) is 3.99. The molecule has 3 rings (SSSR count). The SMILES string of the molecule is CC(C)(Cc1c[nH]c2ccccc12)NC(=O)COc1ccc(Cl)cc1. The maximum atomic E-state index is 12.2. The number of carbonyl (C=O) groups is 1. The summed E-state index contributed by atoms with van der Waals surface area (Å²) in [5.74, 6) is 0.466. The minimum absolute atomic E-state index is 0.0288. The summed E-state index contributed by atoms with van der Waals surface area (Å²) < 4.78 is 5.50. The van der Waals surface area contributed by atoms with E-state index in [4.69, 9.17) is 16.3 Å². The van der Waals surface area contributed by atoms with Crippen LogP contribution < -0.4 is 10.1 Å². The van der Waals surface area contributed by atoms with Gasteiger partial charge in [0, 0.05) is 27.7 Å². The lowest BCUT2D eigenvalue weighted by Gasteiger charge is -2.26. The highest BCUT2D eigenvalue weighted by atomic mass is 35.5. The van der Waals surface area contributed by atoms with Crippen molar-refractivity contribution in [2.45, 2.75) is 25.8 Å². The topological polar surface area (TPSA) is 54.1 Å². The van der Waals surface area contributed by atoms with Gasteiger partial charge in [-0.2, -0.15) is 0 Å². The maximum absolute atomic E-state index is 12.2. The Morgan fingerprint density at radius 3 is 2.64 bits per heavy atom. The number of amides is 1. The van der Waals surface area contributed by atoms with Gasteiger partial charge in [0.1, 0.15) is 5.75 Å². The number of ether oxygens (including phenoxy) is 1. The van der Waals surface area contributed by atoms with Gasteiger partial charge in [0.05, 0.1) is 0 Å². The molecule has 0 fully saturated rings. The van der Waals surface area contributed by atoms with E-state index >= 15 is 0 Å². The molecule has 2 aromatic carbocycles. The Hall–Kier alpha value is -2.46. The van der Waals surface area contributed by atoms with Crippen molar-refractivity contribution in [1.82, 2.24) is 10.3 Å².